The number of fused-ring (bicyclic) bond motifs is 1. The zero-order valence-electron chi connectivity index (χ0n) is 11.5. The van der Waals surface area contributed by atoms with Crippen LogP contribution < -0.4 is 15.4 Å². The van der Waals surface area contributed by atoms with Gasteiger partial charge < -0.3 is 15.4 Å². The van der Waals surface area contributed by atoms with Gasteiger partial charge in [-0.25, -0.2) is 9.18 Å². The molecule has 2 aromatic carbocycles. The van der Waals surface area contributed by atoms with Crippen LogP contribution in [0.5, 0.6) is 5.75 Å². The Hall–Kier alpha value is -2.89. The van der Waals surface area contributed by atoms with Gasteiger partial charge in [-0.3, -0.25) is 4.79 Å². The Balaban J connectivity index is 1.64. The molecule has 112 valence electrons. The molecule has 0 aliphatic carbocycles. The van der Waals surface area contributed by atoms with E-state index in [9.17, 15) is 14.0 Å². The number of benzene rings is 2. The molecule has 2 N–H and O–H groups in total. The molecule has 6 heteroatoms. The van der Waals surface area contributed by atoms with Crippen LogP contribution in [0, 0.1) is 5.82 Å². The maximum Gasteiger partial charge on any atom is 0.334 e. The van der Waals surface area contributed by atoms with Gasteiger partial charge in [-0.1, -0.05) is 12.1 Å². The van der Waals surface area contributed by atoms with Crippen LogP contribution in [0.1, 0.15) is 6.42 Å². The fourth-order valence-corrected chi connectivity index (χ4v) is 2.17. The zero-order valence-corrected chi connectivity index (χ0v) is 11.5. The molecule has 2 aromatic rings. The lowest BCUT2D eigenvalue weighted by atomic mass is 10.1. The Morgan fingerprint density at radius 2 is 1.91 bits per heavy atom. The highest BCUT2D eigenvalue weighted by Gasteiger charge is 2.29. The molecule has 1 unspecified atom stereocenters. The van der Waals surface area contributed by atoms with Crippen molar-refractivity contribution < 1.29 is 18.7 Å². The lowest BCUT2D eigenvalue weighted by Gasteiger charge is -2.24. The van der Waals surface area contributed by atoms with Gasteiger partial charge in [-0.2, -0.15) is 0 Å². The molecule has 1 aliphatic heterocycles. The second kappa shape index (κ2) is 5.85. The van der Waals surface area contributed by atoms with E-state index in [0.717, 1.165) is 0 Å². The zero-order chi connectivity index (χ0) is 15.5. The number of carbonyl (C=O) groups is 2. The molecule has 0 fully saturated rings. The van der Waals surface area contributed by atoms with Gasteiger partial charge in [0.15, 0.2) is 5.75 Å². The smallest absolute Gasteiger partial charge is 0.334 e. The van der Waals surface area contributed by atoms with Crippen molar-refractivity contribution in [3.05, 3.63) is 54.3 Å². The lowest BCUT2D eigenvalue weighted by Crippen LogP contribution is -2.39. The Kier molecular flexibility index (Phi) is 3.74. The average Bonchev–Trinajstić information content (AvgIpc) is 2.50. The predicted octanol–water partition coefficient (Wildman–Crippen LogP) is 2.55. The van der Waals surface area contributed by atoms with Crippen molar-refractivity contribution in [3.63, 3.8) is 0 Å². The van der Waals surface area contributed by atoms with E-state index in [2.05, 4.69) is 10.6 Å². The van der Waals surface area contributed by atoms with Crippen molar-refractivity contribution in [3.8, 4) is 5.75 Å². The van der Waals surface area contributed by atoms with Crippen molar-refractivity contribution in [2.45, 2.75) is 12.5 Å². The van der Waals surface area contributed by atoms with E-state index in [1.54, 1.807) is 24.3 Å². The second-order valence-electron chi connectivity index (χ2n) is 4.87. The standard InChI is InChI=1S/C16H13FN2O3/c17-10-5-7-11(8-6-10)18-15(20)9-13-16(21)22-14-4-2-1-3-12(14)19-13/h1-8,13,19H,9H2,(H,18,20). The van der Waals surface area contributed by atoms with Crippen LogP contribution in [0.4, 0.5) is 15.8 Å². The van der Waals surface area contributed by atoms with Crippen LogP contribution in [0.2, 0.25) is 0 Å². The number of esters is 1. The molecule has 1 atom stereocenters. The second-order valence-corrected chi connectivity index (χ2v) is 4.87. The molecule has 3 rings (SSSR count). The highest BCUT2D eigenvalue weighted by molar-refractivity contribution is 5.97. The summed E-state index contributed by atoms with van der Waals surface area (Å²) >= 11 is 0. The number of para-hydroxylation sites is 2. The molecular formula is C16H13FN2O3. The third-order valence-electron chi connectivity index (χ3n) is 3.23. The first-order chi connectivity index (χ1) is 10.6. The highest BCUT2D eigenvalue weighted by atomic mass is 19.1. The maximum absolute atomic E-state index is 12.8. The summed E-state index contributed by atoms with van der Waals surface area (Å²) in [6.45, 7) is 0. The topological polar surface area (TPSA) is 67.4 Å². The van der Waals surface area contributed by atoms with Crippen LogP contribution in [0.25, 0.3) is 0 Å². The van der Waals surface area contributed by atoms with Crippen LogP contribution in [-0.2, 0) is 9.59 Å². The summed E-state index contributed by atoms with van der Waals surface area (Å²) in [6, 6.07) is 11.7. The highest BCUT2D eigenvalue weighted by Crippen LogP contribution is 2.29. The number of hydrogen-bond acceptors (Lipinski definition) is 4. The number of rotatable bonds is 3. The Bertz CT molecular complexity index is 716. The minimum absolute atomic E-state index is 0.0788. The SMILES string of the molecule is O=C(CC1Nc2ccccc2OC1=O)Nc1ccc(F)cc1. The number of ether oxygens (including phenoxy) is 1. The van der Waals surface area contributed by atoms with Gasteiger partial charge >= 0.3 is 5.97 Å². The summed E-state index contributed by atoms with van der Waals surface area (Å²) in [7, 11) is 0. The van der Waals surface area contributed by atoms with Crippen molar-refractivity contribution in [1.82, 2.24) is 0 Å². The molecule has 22 heavy (non-hydrogen) atoms. The van der Waals surface area contributed by atoms with E-state index in [-0.39, 0.29) is 18.1 Å². The Morgan fingerprint density at radius 3 is 2.68 bits per heavy atom. The van der Waals surface area contributed by atoms with Gasteiger partial charge in [0.25, 0.3) is 0 Å². The van der Waals surface area contributed by atoms with Crippen LogP contribution >= 0.6 is 0 Å². The first kappa shape index (κ1) is 14.1. The summed E-state index contributed by atoms with van der Waals surface area (Å²) in [4.78, 5) is 23.8. The molecule has 0 radical (unpaired) electrons. The fraction of sp³-hybridized carbons (Fsp3) is 0.125. The summed E-state index contributed by atoms with van der Waals surface area (Å²) in [5.74, 6) is -0.803. The van der Waals surface area contributed by atoms with Gasteiger partial charge in [-0.15, -0.1) is 0 Å². The minimum atomic E-state index is -0.754. The third kappa shape index (κ3) is 3.06. The van der Waals surface area contributed by atoms with E-state index in [1.165, 1.54) is 24.3 Å². The molecule has 0 saturated heterocycles. The number of carbonyl (C=O) groups excluding carboxylic acids is 2. The van der Waals surface area contributed by atoms with Crippen molar-refractivity contribution >= 4 is 23.3 Å². The van der Waals surface area contributed by atoms with E-state index in [4.69, 9.17) is 4.74 Å². The van der Waals surface area contributed by atoms with Gasteiger partial charge in [0.05, 0.1) is 12.1 Å². The van der Waals surface area contributed by atoms with Crippen molar-refractivity contribution in [2.24, 2.45) is 0 Å². The first-order valence-corrected chi connectivity index (χ1v) is 6.74. The largest absolute Gasteiger partial charge is 0.423 e. The lowest BCUT2D eigenvalue weighted by molar-refractivity contribution is -0.137. The maximum atomic E-state index is 12.8. The van der Waals surface area contributed by atoms with Gasteiger partial charge in [0.2, 0.25) is 5.91 Å². The van der Waals surface area contributed by atoms with Crippen LogP contribution in [0.15, 0.2) is 48.5 Å². The molecule has 5 nitrogen and oxygen atoms in total. The summed E-state index contributed by atoms with van der Waals surface area (Å²) in [5.41, 5.74) is 1.14. The number of anilines is 2. The quantitative estimate of drug-likeness (QED) is 0.675. The Morgan fingerprint density at radius 1 is 1.18 bits per heavy atom. The van der Waals surface area contributed by atoms with Crippen LogP contribution in [0.3, 0.4) is 0 Å². The molecular weight excluding hydrogens is 287 g/mol. The van der Waals surface area contributed by atoms with E-state index >= 15 is 0 Å². The van der Waals surface area contributed by atoms with E-state index < -0.39 is 12.0 Å². The van der Waals surface area contributed by atoms with E-state index in [0.29, 0.717) is 17.1 Å². The third-order valence-corrected chi connectivity index (χ3v) is 3.23. The summed E-state index contributed by atoms with van der Waals surface area (Å²) in [6.07, 6.45) is -0.0788. The molecule has 0 spiro atoms. The van der Waals surface area contributed by atoms with Gasteiger partial charge in [0.1, 0.15) is 11.9 Å². The van der Waals surface area contributed by atoms with Crippen molar-refractivity contribution in [1.29, 1.82) is 0 Å². The number of halogens is 1. The molecule has 0 aromatic heterocycles. The molecule has 0 saturated carbocycles. The monoisotopic (exact) mass is 300 g/mol. The van der Waals surface area contributed by atoms with Crippen LogP contribution in [-0.4, -0.2) is 17.9 Å². The van der Waals surface area contributed by atoms with E-state index in [1.807, 2.05) is 0 Å². The minimum Gasteiger partial charge on any atom is -0.423 e. The molecule has 0 bridgehead atoms. The first-order valence-electron chi connectivity index (χ1n) is 6.74. The van der Waals surface area contributed by atoms with Gasteiger partial charge in [-0.05, 0) is 36.4 Å². The number of amides is 1. The molecule has 1 heterocycles. The molecule has 1 aliphatic rings. The number of hydrogen-bond donors (Lipinski definition) is 2. The summed E-state index contributed by atoms with van der Waals surface area (Å²) in [5, 5.41) is 5.58. The van der Waals surface area contributed by atoms with Crippen molar-refractivity contribution in [2.75, 3.05) is 10.6 Å². The molecule has 1 amide bonds. The normalized spacial score (nSPS) is 16.2. The summed E-state index contributed by atoms with van der Waals surface area (Å²) < 4.78 is 18.0. The number of nitrogens with one attached hydrogen (secondary N) is 2. The average molecular weight is 300 g/mol. The van der Waals surface area contributed by atoms with Gasteiger partial charge in [0, 0.05) is 5.69 Å². The fourth-order valence-electron chi connectivity index (χ4n) is 2.17. The predicted molar refractivity (Wildman–Crippen MR) is 79.1 cm³/mol. The Labute approximate surface area is 126 Å².